The van der Waals surface area contributed by atoms with Crippen molar-refractivity contribution in [3.63, 3.8) is 0 Å². The van der Waals surface area contributed by atoms with Crippen molar-refractivity contribution >= 4 is 0 Å². The molecular formula is C28H32F4N2O. The van der Waals surface area contributed by atoms with Crippen molar-refractivity contribution in [1.82, 2.24) is 9.80 Å². The Hall–Kier alpha value is -2.80. The predicted molar refractivity (Wildman–Crippen MR) is 130 cm³/mol. The van der Waals surface area contributed by atoms with Crippen LogP contribution in [0.15, 0.2) is 73.0 Å². The molecule has 0 aliphatic carbocycles. The third-order valence-corrected chi connectivity index (χ3v) is 6.99. The molecule has 35 heavy (non-hydrogen) atoms. The Kier molecular flexibility index (Phi) is 7.85. The molecule has 0 saturated carbocycles. The van der Waals surface area contributed by atoms with Crippen LogP contribution in [-0.4, -0.2) is 48.6 Å². The van der Waals surface area contributed by atoms with Gasteiger partial charge in [0.05, 0.1) is 11.6 Å². The number of para-hydroxylation sites is 1. The SMILES string of the molecule is CC1(CN2C=CC=C[C@H]2Cc2ccc(F)cc2)CCN(CCOc2ccccc2C(F)(F)F)CC1. The average molecular weight is 489 g/mol. The minimum Gasteiger partial charge on any atom is -0.492 e. The first-order valence-corrected chi connectivity index (χ1v) is 12.1. The lowest BCUT2D eigenvalue weighted by Crippen LogP contribution is -2.47. The first kappa shape index (κ1) is 25.3. The summed E-state index contributed by atoms with van der Waals surface area (Å²) in [5.41, 5.74) is 0.509. The Balaban J connectivity index is 1.26. The molecule has 3 nitrogen and oxygen atoms in total. The van der Waals surface area contributed by atoms with Crippen LogP contribution in [-0.2, 0) is 12.6 Å². The summed E-state index contributed by atoms with van der Waals surface area (Å²) in [6.45, 7) is 5.82. The highest BCUT2D eigenvalue weighted by molar-refractivity contribution is 5.35. The van der Waals surface area contributed by atoms with Crippen LogP contribution in [0.1, 0.15) is 30.9 Å². The van der Waals surface area contributed by atoms with E-state index in [1.54, 1.807) is 6.07 Å². The van der Waals surface area contributed by atoms with Gasteiger partial charge in [-0.15, -0.1) is 0 Å². The van der Waals surface area contributed by atoms with Gasteiger partial charge < -0.3 is 9.64 Å². The molecule has 0 bridgehead atoms. The van der Waals surface area contributed by atoms with Gasteiger partial charge in [0.25, 0.3) is 0 Å². The number of allylic oxidation sites excluding steroid dienone is 2. The smallest absolute Gasteiger partial charge is 0.419 e. The van der Waals surface area contributed by atoms with E-state index in [-0.39, 0.29) is 29.6 Å². The van der Waals surface area contributed by atoms with Crippen molar-refractivity contribution in [3.05, 3.63) is 89.9 Å². The first-order chi connectivity index (χ1) is 16.7. The number of ether oxygens (including phenoxy) is 1. The molecule has 2 aromatic rings. The lowest BCUT2D eigenvalue weighted by Gasteiger charge is -2.44. The Morgan fingerprint density at radius 3 is 2.43 bits per heavy atom. The van der Waals surface area contributed by atoms with Crippen LogP contribution < -0.4 is 4.74 Å². The number of halogens is 4. The zero-order chi connectivity index (χ0) is 24.9. The topological polar surface area (TPSA) is 15.7 Å². The molecule has 0 aromatic heterocycles. The molecule has 0 radical (unpaired) electrons. The summed E-state index contributed by atoms with van der Waals surface area (Å²) < 4.78 is 58.2. The Morgan fingerprint density at radius 2 is 1.71 bits per heavy atom. The van der Waals surface area contributed by atoms with E-state index >= 15 is 0 Å². The molecule has 2 aliphatic heterocycles. The largest absolute Gasteiger partial charge is 0.492 e. The highest BCUT2D eigenvalue weighted by Crippen LogP contribution is 2.36. The highest BCUT2D eigenvalue weighted by atomic mass is 19.4. The quantitative estimate of drug-likeness (QED) is 0.405. The van der Waals surface area contributed by atoms with E-state index in [0.29, 0.717) is 6.54 Å². The molecule has 188 valence electrons. The van der Waals surface area contributed by atoms with E-state index in [4.69, 9.17) is 4.74 Å². The van der Waals surface area contributed by atoms with Gasteiger partial charge in [-0.1, -0.05) is 43.3 Å². The maximum Gasteiger partial charge on any atom is 0.419 e. The van der Waals surface area contributed by atoms with Crippen LogP contribution in [0.4, 0.5) is 17.6 Å². The van der Waals surface area contributed by atoms with Gasteiger partial charge in [-0.25, -0.2) is 4.39 Å². The molecule has 0 N–H and O–H groups in total. The molecule has 0 amide bonds. The van der Waals surface area contributed by atoms with Gasteiger partial charge in [0.1, 0.15) is 18.2 Å². The number of benzene rings is 2. The lowest BCUT2D eigenvalue weighted by molar-refractivity contribution is -0.139. The van der Waals surface area contributed by atoms with Gasteiger partial charge in [0, 0.05) is 13.1 Å². The normalized spacial score (nSPS) is 20.3. The van der Waals surface area contributed by atoms with Gasteiger partial charge in [0.2, 0.25) is 0 Å². The van der Waals surface area contributed by atoms with Gasteiger partial charge >= 0.3 is 6.18 Å². The Morgan fingerprint density at radius 1 is 1.00 bits per heavy atom. The molecule has 0 unspecified atom stereocenters. The fourth-order valence-electron chi connectivity index (χ4n) is 4.82. The lowest BCUT2D eigenvalue weighted by atomic mass is 9.79. The van der Waals surface area contributed by atoms with Crippen molar-refractivity contribution in [2.45, 2.75) is 38.4 Å². The van der Waals surface area contributed by atoms with E-state index in [1.807, 2.05) is 12.1 Å². The highest BCUT2D eigenvalue weighted by Gasteiger charge is 2.35. The summed E-state index contributed by atoms with van der Waals surface area (Å²) in [7, 11) is 0. The van der Waals surface area contributed by atoms with E-state index in [2.05, 4.69) is 41.2 Å². The van der Waals surface area contributed by atoms with E-state index in [9.17, 15) is 17.6 Å². The van der Waals surface area contributed by atoms with Crippen molar-refractivity contribution in [2.75, 3.05) is 32.8 Å². The monoisotopic (exact) mass is 488 g/mol. The van der Waals surface area contributed by atoms with Crippen molar-refractivity contribution in [1.29, 1.82) is 0 Å². The molecule has 0 spiro atoms. The van der Waals surface area contributed by atoms with Crippen LogP contribution >= 0.6 is 0 Å². The molecular weight excluding hydrogens is 456 g/mol. The second kappa shape index (κ2) is 10.9. The number of likely N-dealkylation sites (tertiary alicyclic amines) is 1. The second-order valence-corrected chi connectivity index (χ2v) is 9.79. The van der Waals surface area contributed by atoms with Crippen molar-refractivity contribution < 1.29 is 22.3 Å². The van der Waals surface area contributed by atoms with E-state index < -0.39 is 11.7 Å². The van der Waals surface area contributed by atoms with E-state index in [0.717, 1.165) is 50.5 Å². The van der Waals surface area contributed by atoms with Gasteiger partial charge in [-0.2, -0.15) is 13.2 Å². The van der Waals surface area contributed by atoms with Gasteiger partial charge in [-0.3, -0.25) is 4.90 Å². The number of hydrogen-bond donors (Lipinski definition) is 0. The molecule has 1 saturated heterocycles. The molecule has 1 fully saturated rings. The zero-order valence-electron chi connectivity index (χ0n) is 20.0. The van der Waals surface area contributed by atoms with Crippen LogP contribution in [0.25, 0.3) is 0 Å². The molecule has 4 rings (SSSR count). The third-order valence-electron chi connectivity index (χ3n) is 6.99. The Bertz CT molecular complexity index is 1020. The number of alkyl halides is 3. The Labute approximate surface area is 204 Å². The fourth-order valence-corrected chi connectivity index (χ4v) is 4.82. The summed E-state index contributed by atoms with van der Waals surface area (Å²) in [5.74, 6) is -0.335. The number of rotatable bonds is 8. The van der Waals surface area contributed by atoms with Crippen LogP contribution in [0.2, 0.25) is 0 Å². The van der Waals surface area contributed by atoms with Crippen LogP contribution in [0, 0.1) is 11.2 Å². The molecule has 1 atom stereocenters. The summed E-state index contributed by atoms with van der Waals surface area (Å²) >= 11 is 0. The average Bonchev–Trinajstić information content (AvgIpc) is 2.83. The van der Waals surface area contributed by atoms with E-state index in [1.165, 1.54) is 24.3 Å². The van der Waals surface area contributed by atoms with Gasteiger partial charge in [-0.05, 0) is 79.9 Å². The third kappa shape index (κ3) is 6.88. The summed E-state index contributed by atoms with van der Waals surface area (Å²) in [6.07, 6.45) is 6.85. The molecule has 2 aliphatic rings. The maximum atomic E-state index is 13.3. The summed E-state index contributed by atoms with van der Waals surface area (Å²) in [4.78, 5) is 4.64. The van der Waals surface area contributed by atoms with Gasteiger partial charge in [0.15, 0.2) is 0 Å². The standard InChI is InChI=1S/C28H32F4N2O/c1-27(21-34-15-5-4-6-24(34)20-22-9-11-23(29)12-10-22)13-16-33(17-14-27)18-19-35-26-8-3-2-7-25(26)28(30,31)32/h2-12,15,24H,13-14,16-21H2,1H3/t24-/m0/s1. The number of hydrogen-bond acceptors (Lipinski definition) is 3. The van der Waals surface area contributed by atoms with Crippen molar-refractivity contribution in [3.8, 4) is 5.75 Å². The van der Waals surface area contributed by atoms with Crippen LogP contribution in [0.3, 0.4) is 0 Å². The number of piperidine rings is 1. The van der Waals surface area contributed by atoms with Crippen LogP contribution in [0.5, 0.6) is 5.75 Å². The minimum atomic E-state index is -4.42. The zero-order valence-corrected chi connectivity index (χ0v) is 20.0. The first-order valence-electron chi connectivity index (χ1n) is 12.1. The minimum absolute atomic E-state index is 0.112. The maximum absolute atomic E-state index is 13.3. The van der Waals surface area contributed by atoms with Crippen molar-refractivity contribution in [2.24, 2.45) is 5.41 Å². The molecule has 7 heteroatoms. The fraction of sp³-hybridized carbons (Fsp3) is 0.429. The number of nitrogens with zero attached hydrogens (tertiary/aromatic N) is 2. The summed E-state index contributed by atoms with van der Waals surface area (Å²) in [6, 6.07) is 12.3. The predicted octanol–water partition coefficient (Wildman–Crippen LogP) is 6.32. The summed E-state index contributed by atoms with van der Waals surface area (Å²) in [5, 5.41) is 0. The molecule has 2 aromatic carbocycles. The second-order valence-electron chi connectivity index (χ2n) is 9.79. The molecule has 2 heterocycles.